The summed E-state index contributed by atoms with van der Waals surface area (Å²) in [6, 6.07) is 0. The van der Waals surface area contributed by atoms with Crippen LogP contribution < -0.4 is 11.5 Å². The predicted octanol–water partition coefficient (Wildman–Crippen LogP) is 23.5. The molecule has 0 saturated heterocycles. The molecular weight excluding hydrogens is 901 g/mol. The second-order valence-electron chi connectivity index (χ2n) is 24.8. The number of rotatable bonds is 65. The van der Waals surface area contributed by atoms with Crippen LogP contribution in [0, 0.1) is 11.8 Å². The Morgan fingerprint density at radius 1 is 0.243 bits per heavy atom. The van der Waals surface area contributed by atoms with Gasteiger partial charge in [-0.25, -0.2) is 0 Å². The molecule has 0 aromatic carbocycles. The van der Waals surface area contributed by atoms with Crippen LogP contribution in [0.3, 0.4) is 0 Å². The van der Waals surface area contributed by atoms with Crippen LogP contribution in [0.25, 0.3) is 0 Å². The molecule has 0 amide bonds. The average molecular weight is 1040 g/mol. The van der Waals surface area contributed by atoms with E-state index in [1.165, 1.54) is 334 Å². The fourth-order valence-corrected chi connectivity index (χ4v) is 12.2. The number of carbonyl (C=O) groups excluding carboxylic acids is 2. The zero-order chi connectivity index (χ0) is 53.9. The molecule has 0 saturated carbocycles. The summed E-state index contributed by atoms with van der Waals surface area (Å²) in [5.41, 5.74) is 12.1. The van der Waals surface area contributed by atoms with Gasteiger partial charge in [-0.2, -0.15) is 0 Å². The van der Waals surface area contributed by atoms with Crippen molar-refractivity contribution in [2.75, 3.05) is 6.54 Å². The Kier molecular flexibility index (Phi) is 59.3. The normalized spacial score (nSPS) is 13.4. The summed E-state index contributed by atoms with van der Waals surface area (Å²) in [5, 5.41) is 0. The summed E-state index contributed by atoms with van der Waals surface area (Å²) in [4.78, 5) is 29.7. The first-order valence-electron chi connectivity index (χ1n) is 35.0. The Morgan fingerprint density at radius 3 is 0.486 bits per heavy atom. The molecule has 2 unspecified atom stereocenters. The maximum absolute atomic E-state index is 14.8. The third kappa shape index (κ3) is 47.3. The van der Waals surface area contributed by atoms with Crippen molar-refractivity contribution in [2.45, 2.75) is 418 Å². The Bertz CT molecular complexity index is 1030. The minimum atomic E-state index is -1.55. The van der Waals surface area contributed by atoms with E-state index in [0.29, 0.717) is 0 Å². The van der Waals surface area contributed by atoms with Crippen LogP contribution in [0.15, 0.2) is 0 Å². The van der Waals surface area contributed by atoms with E-state index in [2.05, 4.69) is 27.7 Å². The molecule has 4 N–H and O–H groups in total. The van der Waals surface area contributed by atoms with Gasteiger partial charge in [0.25, 0.3) is 0 Å². The predicted molar refractivity (Wildman–Crippen MR) is 333 cm³/mol. The van der Waals surface area contributed by atoms with E-state index in [4.69, 9.17) is 11.5 Å². The highest BCUT2D eigenvalue weighted by atomic mass is 16.2. The SMILES string of the molecule is CCCCCCCCCCCCCCCCCCC(CCCCCCCCCCCCCC)C(=O)C(N)(CN)C(=O)C(CCCCCCCCCCCCCC)CCCCCCCCCCCCCCCCCC. The highest BCUT2D eigenvalue weighted by molar-refractivity contribution is 6.13. The third-order valence-electron chi connectivity index (χ3n) is 17.6. The van der Waals surface area contributed by atoms with Gasteiger partial charge in [0.15, 0.2) is 11.6 Å². The van der Waals surface area contributed by atoms with Crippen molar-refractivity contribution in [1.82, 2.24) is 0 Å². The molecule has 0 spiro atoms. The summed E-state index contributed by atoms with van der Waals surface area (Å²) < 4.78 is 0. The number of ketones is 2. The van der Waals surface area contributed by atoms with E-state index in [1.54, 1.807) is 0 Å². The summed E-state index contributed by atoms with van der Waals surface area (Å²) in [7, 11) is 0. The minimum absolute atomic E-state index is 0.0132. The van der Waals surface area contributed by atoms with Crippen molar-refractivity contribution in [3.05, 3.63) is 0 Å². The Hall–Kier alpha value is -0.740. The van der Waals surface area contributed by atoms with Crippen molar-refractivity contribution in [2.24, 2.45) is 23.3 Å². The van der Waals surface area contributed by atoms with Crippen molar-refractivity contribution in [3.8, 4) is 0 Å². The molecule has 2 atom stereocenters. The number of carbonyl (C=O) groups is 2. The fraction of sp³-hybridized carbons (Fsp3) is 0.971. The molecule has 0 aliphatic carbocycles. The van der Waals surface area contributed by atoms with Gasteiger partial charge in [0.1, 0.15) is 5.54 Å². The van der Waals surface area contributed by atoms with Crippen molar-refractivity contribution in [3.63, 3.8) is 0 Å². The molecular formula is C70H140N2O2. The summed E-state index contributed by atoms with van der Waals surface area (Å²) >= 11 is 0. The Balaban J connectivity index is 5.34. The van der Waals surface area contributed by atoms with Crippen molar-refractivity contribution >= 4 is 11.6 Å². The molecule has 0 aliphatic rings. The lowest BCUT2D eigenvalue weighted by molar-refractivity contribution is -0.139. The number of unbranched alkanes of at least 4 members (excludes halogenated alkanes) is 52. The summed E-state index contributed by atoms with van der Waals surface area (Å²) in [6.45, 7) is 9.14. The highest BCUT2D eigenvalue weighted by Gasteiger charge is 2.45. The zero-order valence-corrected chi connectivity index (χ0v) is 51.8. The van der Waals surface area contributed by atoms with Gasteiger partial charge in [-0.1, -0.05) is 387 Å². The van der Waals surface area contributed by atoms with Gasteiger partial charge < -0.3 is 11.5 Å². The van der Waals surface area contributed by atoms with Crippen molar-refractivity contribution < 1.29 is 9.59 Å². The van der Waals surface area contributed by atoms with Crippen molar-refractivity contribution in [1.29, 1.82) is 0 Å². The fourth-order valence-electron chi connectivity index (χ4n) is 12.2. The van der Waals surface area contributed by atoms with E-state index in [9.17, 15) is 9.59 Å². The minimum Gasteiger partial charge on any atom is -0.328 e. The van der Waals surface area contributed by atoms with Crippen LogP contribution in [-0.4, -0.2) is 23.7 Å². The molecule has 0 radical (unpaired) electrons. The number of nitrogens with two attached hydrogens (primary N) is 2. The lowest BCUT2D eigenvalue weighted by Gasteiger charge is -2.33. The van der Waals surface area contributed by atoms with Crippen LogP contribution in [-0.2, 0) is 9.59 Å². The standard InChI is InChI=1S/C70H140N2O2/c1-5-9-13-17-21-25-29-33-35-37-39-43-47-51-55-59-63-66(61-57-53-49-45-41-31-27-23-19-15-11-7-3)68(73)70(72,65-71)69(74)67(62-58-54-50-46-42-32-28-24-20-16-12-8-4)64-60-56-52-48-44-40-38-36-34-30-26-22-18-14-10-6-2/h66-67H,5-65,71-72H2,1-4H3. The van der Waals surface area contributed by atoms with E-state index in [0.717, 1.165) is 51.4 Å². The topological polar surface area (TPSA) is 86.2 Å². The van der Waals surface area contributed by atoms with Crippen LogP contribution in [0.5, 0.6) is 0 Å². The van der Waals surface area contributed by atoms with Crippen LogP contribution in [0.4, 0.5) is 0 Å². The lowest BCUT2D eigenvalue weighted by Crippen LogP contribution is -2.63. The molecule has 0 heterocycles. The van der Waals surface area contributed by atoms with E-state index in [1.807, 2.05) is 0 Å². The van der Waals surface area contributed by atoms with Gasteiger partial charge >= 0.3 is 0 Å². The van der Waals surface area contributed by atoms with Gasteiger partial charge in [0.05, 0.1) is 0 Å². The second kappa shape index (κ2) is 59.9. The molecule has 4 nitrogen and oxygen atoms in total. The maximum atomic E-state index is 14.8. The van der Waals surface area contributed by atoms with E-state index < -0.39 is 5.54 Å². The lowest BCUT2D eigenvalue weighted by atomic mass is 9.73. The summed E-state index contributed by atoms with van der Waals surface area (Å²) in [5.74, 6) is -0.323. The zero-order valence-electron chi connectivity index (χ0n) is 51.8. The maximum Gasteiger partial charge on any atom is 0.164 e. The molecule has 0 aromatic heterocycles. The number of hydrogen-bond acceptors (Lipinski definition) is 4. The molecule has 0 bridgehead atoms. The van der Waals surface area contributed by atoms with Gasteiger partial charge in [-0.15, -0.1) is 0 Å². The Labute approximate surface area is 467 Å². The molecule has 442 valence electrons. The van der Waals surface area contributed by atoms with Gasteiger partial charge in [0, 0.05) is 18.4 Å². The molecule has 0 fully saturated rings. The van der Waals surface area contributed by atoms with Crippen LogP contribution in [0.1, 0.15) is 413 Å². The summed E-state index contributed by atoms with van der Waals surface area (Å²) in [6.07, 6.45) is 78.1. The molecule has 0 aromatic rings. The van der Waals surface area contributed by atoms with Gasteiger partial charge in [-0.3, -0.25) is 9.59 Å². The highest BCUT2D eigenvalue weighted by Crippen LogP contribution is 2.30. The smallest absolute Gasteiger partial charge is 0.164 e. The molecule has 4 heteroatoms. The molecule has 0 rings (SSSR count). The van der Waals surface area contributed by atoms with Crippen LogP contribution >= 0.6 is 0 Å². The first-order valence-corrected chi connectivity index (χ1v) is 35.0. The molecule has 0 aliphatic heterocycles. The van der Waals surface area contributed by atoms with Crippen LogP contribution in [0.2, 0.25) is 0 Å². The quantitative estimate of drug-likeness (QED) is 0.0469. The van der Waals surface area contributed by atoms with E-state index >= 15 is 0 Å². The number of Topliss-reactive ketones (excluding diaryl/α,β-unsaturated/α-hetero) is 2. The largest absolute Gasteiger partial charge is 0.328 e. The average Bonchev–Trinajstić information content (AvgIpc) is 3.41. The van der Waals surface area contributed by atoms with Gasteiger partial charge in [-0.05, 0) is 25.7 Å². The second-order valence-corrected chi connectivity index (χ2v) is 24.8. The Morgan fingerprint density at radius 2 is 0.365 bits per heavy atom. The number of hydrogen-bond donors (Lipinski definition) is 2. The third-order valence-corrected chi connectivity index (χ3v) is 17.6. The van der Waals surface area contributed by atoms with Gasteiger partial charge in [0.2, 0.25) is 0 Å². The first kappa shape index (κ1) is 73.3. The monoisotopic (exact) mass is 1040 g/mol. The first-order chi connectivity index (χ1) is 36.4. The van der Waals surface area contributed by atoms with E-state index in [-0.39, 0.29) is 29.9 Å². The molecule has 74 heavy (non-hydrogen) atoms.